The Bertz CT molecular complexity index is 655. The van der Waals surface area contributed by atoms with Crippen molar-refractivity contribution in [3.05, 3.63) is 64.4 Å². The number of nitrogens with two attached hydrogens (primary N) is 1. The maximum absolute atomic E-state index is 13.5. The minimum absolute atomic E-state index is 0.132. The minimum atomic E-state index is -0.619. The molecule has 0 aliphatic carbocycles. The Labute approximate surface area is 121 Å². The molecule has 0 amide bonds. The van der Waals surface area contributed by atoms with Crippen molar-refractivity contribution in [1.82, 2.24) is 0 Å². The van der Waals surface area contributed by atoms with Crippen molar-refractivity contribution >= 4 is 11.6 Å². The molecule has 0 aliphatic heterocycles. The van der Waals surface area contributed by atoms with E-state index in [4.69, 9.17) is 27.3 Å². The Morgan fingerprint density at radius 3 is 2.70 bits per heavy atom. The molecule has 0 heterocycles. The van der Waals surface area contributed by atoms with Crippen LogP contribution >= 0.6 is 11.6 Å². The molecule has 1 atom stereocenters. The molecule has 2 N–H and O–H groups in total. The molecular formula is C15H12ClFN2O. The van der Waals surface area contributed by atoms with Gasteiger partial charge in [0.05, 0.1) is 0 Å². The van der Waals surface area contributed by atoms with Gasteiger partial charge in [0.2, 0.25) is 0 Å². The van der Waals surface area contributed by atoms with E-state index in [9.17, 15) is 4.39 Å². The van der Waals surface area contributed by atoms with Crippen LogP contribution in [-0.2, 0) is 0 Å². The lowest BCUT2D eigenvalue weighted by molar-refractivity contribution is 0.212. The van der Waals surface area contributed by atoms with E-state index in [0.717, 1.165) is 5.56 Å². The normalized spacial score (nSPS) is 11.7. The van der Waals surface area contributed by atoms with Crippen molar-refractivity contribution in [2.24, 2.45) is 5.73 Å². The zero-order valence-corrected chi connectivity index (χ0v) is 11.3. The predicted octanol–water partition coefficient (Wildman–Crippen LogP) is 3.43. The van der Waals surface area contributed by atoms with Crippen LogP contribution in [0.15, 0.2) is 42.5 Å². The fourth-order valence-corrected chi connectivity index (χ4v) is 2.02. The maximum atomic E-state index is 13.5. The Balaban J connectivity index is 2.32. The van der Waals surface area contributed by atoms with E-state index in [-0.39, 0.29) is 17.9 Å². The summed E-state index contributed by atoms with van der Waals surface area (Å²) in [6, 6.07) is 13.1. The molecule has 5 heteroatoms. The van der Waals surface area contributed by atoms with Crippen LogP contribution in [0.1, 0.15) is 17.2 Å². The van der Waals surface area contributed by atoms with Gasteiger partial charge in [-0.3, -0.25) is 0 Å². The zero-order chi connectivity index (χ0) is 14.5. The number of ether oxygens (including phenoxy) is 1. The largest absolute Gasteiger partial charge is 0.483 e. The van der Waals surface area contributed by atoms with Crippen molar-refractivity contribution in [2.75, 3.05) is 6.54 Å². The summed E-state index contributed by atoms with van der Waals surface area (Å²) in [6.45, 7) is 0.182. The van der Waals surface area contributed by atoms with E-state index in [1.165, 1.54) is 18.2 Å². The van der Waals surface area contributed by atoms with E-state index in [0.29, 0.717) is 5.02 Å². The molecule has 0 radical (unpaired) electrons. The van der Waals surface area contributed by atoms with Crippen LogP contribution in [0, 0.1) is 17.1 Å². The van der Waals surface area contributed by atoms with Gasteiger partial charge in [-0.15, -0.1) is 0 Å². The van der Waals surface area contributed by atoms with Gasteiger partial charge in [-0.2, -0.15) is 5.26 Å². The summed E-state index contributed by atoms with van der Waals surface area (Å²) in [5, 5.41) is 9.54. The second-order valence-corrected chi connectivity index (χ2v) is 4.56. The van der Waals surface area contributed by atoms with Crippen molar-refractivity contribution in [2.45, 2.75) is 6.10 Å². The SMILES string of the molecule is N#Cc1c(F)cccc1OC(CN)c1cccc(Cl)c1. The Kier molecular flexibility index (Phi) is 4.57. The molecular weight excluding hydrogens is 279 g/mol. The number of nitrogens with zero attached hydrogens (tertiary/aromatic N) is 1. The molecule has 0 fully saturated rings. The van der Waals surface area contributed by atoms with Crippen LogP contribution in [-0.4, -0.2) is 6.54 Å². The molecule has 0 saturated carbocycles. The first kappa shape index (κ1) is 14.3. The number of nitriles is 1. The van der Waals surface area contributed by atoms with Gasteiger partial charge in [0.15, 0.2) is 0 Å². The lowest BCUT2D eigenvalue weighted by Crippen LogP contribution is -2.19. The fourth-order valence-electron chi connectivity index (χ4n) is 1.82. The number of hydrogen-bond donors (Lipinski definition) is 1. The number of benzene rings is 2. The monoisotopic (exact) mass is 290 g/mol. The Morgan fingerprint density at radius 1 is 1.30 bits per heavy atom. The topological polar surface area (TPSA) is 59.0 Å². The zero-order valence-electron chi connectivity index (χ0n) is 10.5. The van der Waals surface area contributed by atoms with Gasteiger partial charge in [0, 0.05) is 11.6 Å². The van der Waals surface area contributed by atoms with Gasteiger partial charge in [-0.25, -0.2) is 4.39 Å². The molecule has 20 heavy (non-hydrogen) atoms. The van der Waals surface area contributed by atoms with Gasteiger partial charge >= 0.3 is 0 Å². The quantitative estimate of drug-likeness (QED) is 0.938. The third-order valence-electron chi connectivity index (χ3n) is 2.79. The highest BCUT2D eigenvalue weighted by atomic mass is 35.5. The van der Waals surface area contributed by atoms with Crippen molar-refractivity contribution in [3.63, 3.8) is 0 Å². The van der Waals surface area contributed by atoms with E-state index in [1.807, 2.05) is 6.07 Å². The van der Waals surface area contributed by atoms with Crippen LogP contribution in [0.2, 0.25) is 5.02 Å². The second kappa shape index (κ2) is 6.38. The Morgan fingerprint density at radius 2 is 2.05 bits per heavy atom. The summed E-state index contributed by atoms with van der Waals surface area (Å²) in [5.74, 6) is -0.449. The molecule has 2 aromatic carbocycles. The molecule has 2 aromatic rings. The molecule has 0 bridgehead atoms. The summed E-state index contributed by atoms with van der Waals surface area (Å²) in [5.41, 5.74) is 6.33. The predicted molar refractivity (Wildman–Crippen MR) is 75.0 cm³/mol. The van der Waals surface area contributed by atoms with Gasteiger partial charge in [-0.05, 0) is 29.8 Å². The summed E-state index contributed by atoms with van der Waals surface area (Å²) in [4.78, 5) is 0. The fraction of sp³-hybridized carbons (Fsp3) is 0.133. The molecule has 1 unspecified atom stereocenters. The molecule has 0 aliphatic rings. The van der Waals surface area contributed by atoms with E-state index < -0.39 is 11.9 Å². The van der Waals surface area contributed by atoms with Gasteiger partial charge in [0.1, 0.15) is 29.3 Å². The molecule has 0 saturated heterocycles. The van der Waals surface area contributed by atoms with Gasteiger partial charge in [0.25, 0.3) is 0 Å². The highest BCUT2D eigenvalue weighted by Gasteiger charge is 2.16. The molecule has 0 spiro atoms. The van der Waals surface area contributed by atoms with E-state index in [2.05, 4.69) is 0 Å². The first-order valence-electron chi connectivity index (χ1n) is 5.96. The molecule has 2 rings (SSSR count). The third-order valence-corrected chi connectivity index (χ3v) is 3.03. The van der Waals surface area contributed by atoms with E-state index in [1.54, 1.807) is 24.3 Å². The third kappa shape index (κ3) is 3.08. The average Bonchev–Trinajstić information content (AvgIpc) is 2.45. The van der Waals surface area contributed by atoms with Gasteiger partial charge in [-0.1, -0.05) is 29.8 Å². The maximum Gasteiger partial charge on any atom is 0.144 e. The van der Waals surface area contributed by atoms with Crippen LogP contribution in [0.4, 0.5) is 4.39 Å². The van der Waals surface area contributed by atoms with Gasteiger partial charge < -0.3 is 10.5 Å². The standard InChI is InChI=1S/C15H12ClFN2O/c16-11-4-1-3-10(7-11)15(9-19)20-14-6-2-5-13(17)12(14)8-18/h1-7,15H,9,19H2. The van der Waals surface area contributed by atoms with Crippen molar-refractivity contribution in [1.29, 1.82) is 5.26 Å². The lowest BCUT2D eigenvalue weighted by Gasteiger charge is -2.19. The van der Waals surface area contributed by atoms with Crippen LogP contribution < -0.4 is 10.5 Å². The van der Waals surface area contributed by atoms with Crippen LogP contribution in [0.25, 0.3) is 0 Å². The summed E-state index contributed by atoms with van der Waals surface area (Å²) in [7, 11) is 0. The number of rotatable bonds is 4. The summed E-state index contributed by atoms with van der Waals surface area (Å²) < 4.78 is 19.2. The van der Waals surface area contributed by atoms with Crippen LogP contribution in [0.3, 0.4) is 0 Å². The summed E-state index contributed by atoms with van der Waals surface area (Å²) >= 11 is 5.92. The van der Waals surface area contributed by atoms with Crippen molar-refractivity contribution < 1.29 is 9.13 Å². The summed E-state index contributed by atoms with van der Waals surface area (Å²) in [6.07, 6.45) is -0.498. The van der Waals surface area contributed by atoms with Crippen molar-refractivity contribution in [3.8, 4) is 11.8 Å². The Hall–Kier alpha value is -2.09. The first-order chi connectivity index (χ1) is 9.65. The highest BCUT2D eigenvalue weighted by Crippen LogP contribution is 2.27. The van der Waals surface area contributed by atoms with E-state index >= 15 is 0 Å². The lowest BCUT2D eigenvalue weighted by atomic mass is 10.1. The average molecular weight is 291 g/mol. The smallest absolute Gasteiger partial charge is 0.144 e. The van der Waals surface area contributed by atoms with Crippen LogP contribution in [0.5, 0.6) is 5.75 Å². The second-order valence-electron chi connectivity index (χ2n) is 4.12. The molecule has 0 aromatic heterocycles. The minimum Gasteiger partial charge on any atom is -0.483 e. The number of hydrogen-bond acceptors (Lipinski definition) is 3. The molecule has 102 valence electrons. The number of halogens is 2. The first-order valence-corrected chi connectivity index (χ1v) is 6.34. The molecule has 3 nitrogen and oxygen atoms in total. The highest BCUT2D eigenvalue weighted by molar-refractivity contribution is 6.30.